The molecule has 4 rings (SSSR count). The van der Waals surface area contributed by atoms with Gasteiger partial charge in [-0.3, -0.25) is 4.79 Å². The summed E-state index contributed by atoms with van der Waals surface area (Å²) in [7, 11) is 1.88. The number of Topliss-reactive ketones (excluding diaryl/α,β-unsaturated/α-hetero) is 1. The molecule has 0 spiro atoms. The standard InChI is InChI=1S/C21H31N5O/c1-26-21-17(20(25-26)18(27)14-15-10-12-22-13-11-15)8-9-19(24-21)23-16-6-4-2-3-5-7-16/h8-9,15-16,22H,2-7,10-14H2,1H3,(H,23,24). The summed E-state index contributed by atoms with van der Waals surface area (Å²) in [5.74, 6) is 1.52. The SMILES string of the molecule is Cn1nc(C(=O)CC2CCNCC2)c2ccc(NC3CCCCCC3)nc21. The molecule has 0 atom stereocenters. The van der Waals surface area contributed by atoms with E-state index in [0.717, 1.165) is 42.8 Å². The Bertz CT molecular complexity index is 785. The number of hydrogen-bond donors (Lipinski definition) is 2. The number of pyridine rings is 1. The van der Waals surface area contributed by atoms with Gasteiger partial charge < -0.3 is 10.6 Å². The van der Waals surface area contributed by atoms with Crippen molar-refractivity contribution in [2.75, 3.05) is 18.4 Å². The number of anilines is 1. The number of carbonyl (C=O) groups excluding carboxylic acids is 1. The van der Waals surface area contributed by atoms with E-state index in [2.05, 4.69) is 15.7 Å². The molecule has 0 aromatic carbocycles. The second-order valence-corrected chi connectivity index (χ2v) is 8.19. The molecular formula is C21H31N5O. The van der Waals surface area contributed by atoms with E-state index in [1.165, 1.54) is 38.5 Å². The van der Waals surface area contributed by atoms with E-state index in [4.69, 9.17) is 4.98 Å². The maximum absolute atomic E-state index is 12.8. The number of nitrogens with zero attached hydrogens (tertiary/aromatic N) is 3. The number of rotatable bonds is 5. The second kappa shape index (κ2) is 8.38. The lowest BCUT2D eigenvalue weighted by atomic mass is 9.91. The Balaban J connectivity index is 1.50. The molecule has 0 unspecified atom stereocenters. The molecule has 2 aromatic rings. The molecule has 0 radical (unpaired) electrons. The number of hydrogen-bond acceptors (Lipinski definition) is 5. The van der Waals surface area contributed by atoms with Crippen molar-refractivity contribution < 1.29 is 4.79 Å². The largest absolute Gasteiger partial charge is 0.367 e. The average molecular weight is 370 g/mol. The van der Waals surface area contributed by atoms with Gasteiger partial charge in [-0.05, 0) is 56.8 Å². The predicted octanol–water partition coefficient (Wildman–Crippen LogP) is 3.68. The third-order valence-electron chi connectivity index (χ3n) is 6.09. The van der Waals surface area contributed by atoms with E-state index in [-0.39, 0.29) is 5.78 Å². The van der Waals surface area contributed by atoms with Crippen LogP contribution in [0.5, 0.6) is 0 Å². The van der Waals surface area contributed by atoms with Crippen molar-refractivity contribution in [1.82, 2.24) is 20.1 Å². The van der Waals surface area contributed by atoms with Crippen LogP contribution >= 0.6 is 0 Å². The van der Waals surface area contributed by atoms with Crippen LogP contribution in [0.25, 0.3) is 11.0 Å². The van der Waals surface area contributed by atoms with Crippen molar-refractivity contribution in [2.45, 2.75) is 63.8 Å². The molecule has 6 nitrogen and oxygen atoms in total. The van der Waals surface area contributed by atoms with Crippen LogP contribution in [0.4, 0.5) is 5.82 Å². The van der Waals surface area contributed by atoms with Gasteiger partial charge in [0.05, 0.1) is 5.39 Å². The van der Waals surface area contributed by atoms with Crippen molar-refractivity contribution >= 4 is 22.6 Å². The summed E-state index contributed by atoms with van der Waals surface area (Å²) in [5, 5.41) is 12.4. The molecule has 1 saturated carbocycles. The number of fused-ring (bicyclic) bond motifs is 1. The van der Waals surface area contributed by atoms with Gasteiger partial charge in [0.25, 0.3) is 0 Å². The van der Waals surface area contributed by atoms with Crippen LogP contribution < -0.4 is 10.6 Å². The van der Waals surface area contributed by atoms with E-state index < -0.39 is 0 Å². The molecule has 0 bridgehead atoms. The third kappa shape index (κ3) is 4.32. The zero-order valence-corrected chi connectivity index (χ0v) is 16.3. The van der Waals surface area contributed by atoms with Crippen LogP contribution in [0.3, 0.4) is 0 Å². The monoisotopic (exact) mass is 369 g/mol. The fraction of sp³-hybridized carbons (Fsp3) is 0.667. The second-order valence-electron chi connectivity index (χ2n) is 8.19. The van der Waals surface area contributed by atoms with E-state index in [9.17, 15) is 4.79 Å². The van der Waals surface area contributed by atoms with Crippen molar-refractivity contribution in [3.63, 3.8) is 0 Å². The van der Waals surface area contributed by atoms with Gasteiger partial charge in [0, 0.05) is 19.5 Å². The summed E-state index contributed by atoms with van der Waals surface area (Å²) in [5.41, 5.74) is 1.38. The average Bonchev–Trinajstić information content (AvgIpc) is 2.84. The normalized spacial score (nSPS) is 19.9. The van der Waals surface area contributed by atoms with Crippen LogP contribution in [-0.4, -0.2) is 39.7 Å². The zero-order valence-electron chi connectivity index (χ0n) is 16.3. The molecule has 6 heteroatoms. The lowest BCUT2D eigenvalue weighted by molar-refractivity contribution is 0.0948. The van der Waals surface area contributed by atoms with E-state index in [1.807, 2.05) is 19.2 Å². The van der Waals surface area contributed by atoms with Gasteiger partial charge in [-0.25, -0.2) is 9.67 Å². The van der Waals surface area contributed by atoms with Gasteiger partial charge in [-0.1, -0.05) is 25.7 Å². The number of piperidine rings is 1. The van der Waals surface area contributed by atoms with Crippen LogP contribution in [0.2, 0.25) is 0 Å². The molecule has 146 valence electrons. The first-order valence-electron chi connectivity index (χ1n) is 10.5. The molecule has 2 aromatic heterocycles. The third-order valence-corrected chi connectivity index (χ3v) is 6.09. The van der Waals surface area contributed by atoms with Crippen molar-refractivity contribution in [1.29, 1.82) is 0 Å². The number of aryl methyl sites for hydroxylation is 1. The fourth-order valence-electron chi connectivity index (χ4n) is 4.50. The Hall–Kier alpha value is -1.95. The van der Waals surface area contributed by atoms with Gasteiger partial charge in [0.2, 0.25) is 0 Å². The molecule has 3 heterocycles. The molecule has 1 saturated heterocycles. The topological polar surface area (TPSA) is 71.8 Å². The van der Waals surface area contributed by atoms with Gasteiger partial charge in [0.15, 0.2) is 11.4 Å². The molecule has 1 aliphatic carbocycles. The summed E-state index contributed by atoms with van der Waals surface area (Å²) in [6, 6.07) is 4.53. The van der Waals surface area contributed by atoms with Gasteiger partial charge >= 0.3 is 0 Å². The molecule has 0 amide bonds. The Morgan fingerprint density at radius 3 is 2.63 bits per heavy atom. The summed E-state index contributed by atoms with van der Waals surface area (Å²) >= 11 is 0. The highest BCUT2D eigenvalue weighted by Crippen LogP contribution is 2.25. The van der Waals surface area contributed by atoms with Crippen LogP contribution in [-0.2, 0) is 7.05 Å². The Kier molecular flexibility index (Phi) is 5.72. The van der Waals surface area contributed by atoms with Crippen LogP contribution in [0, 0.1) is 5.92 Å². The fourth-order valence-corrected chi connectivity index (χ4v) is 4.50. The molecule has 2 fully saturated rings. The highest BCUT2D eigenvalue weighted by Gasteiger charge is 2.22. The highest BCUT2D eigenvalue weighted by molar-refractivity contribution is 6.05. The summed E-state index contributed by atoms with van der Waals surface area (Å²) in [4.78, 5) is 17.6. The summed E-state index contributed by atoms with van der Waals surface area (Å²) in [6.07, 6.45) is 10.4. The minimum atomic E-state index is 0.152. The molecule has 2 aliphatic rings. The Morgan fingerprint density at radius 2 is 1.89 bits per heavy atom. The molecule has 1 aliphatic heterocycles. The highest BCUT2D eigenvalue weighted by atomic mass is 16.1. The van der Waals surface area contributed by atoms with E-state index >= 15 is 0 Å². The van der Waals surface area contributed by atoms with Crippen LogP contribution in [0.1, 0.15) is 68.3 Å². The van der Waals surface area contributed by atoms with Crippen molar-refractivity contribution in [3.05, 3.63) is 17.8 Å². The molecule has 2 N–H and O–H groups in total. The quantitative estimate of drug-likeness (QED) is 0.621. The Labute approximate surface area is 161 Å². The number of carbonyl (C=O) groups is 1. The molecule has 27 heavy (non-hydrogen) atoms. The van der Waals surface area contributed by atoms with Crippen molar-refractivity contribution in [2.24, 2.45) is 13.0 Å². The van der Waals surface area contributed by atoms with E-state index in [1.54, 1.807) is 4.68 Å². The first kappa shape index (κ1) is 18.4. The maximum Gasteiger partial charge on any atom is 0.184 e. The zero-order chi connectivity index (χ0) is 18.6. The van der Waals surface area contributed by atoms with Crippen LogP contribution in [0.15, 0.2) is 12.1 Å². The van der Waals surface area contributed by atoms with Gasteiger partial charge in [0.1, 0.15) is 11.5 Å². The summed E-state index contributed by atoms with van der Waals surface area (Å²) < 4.78 is 1.75. The lowest BCUT2D eigenvalue weighted by Gasteiger charge is -2.21. The number of nitrogens with one attached hydrogen (secondary N) is 2. The van der Waals surface area contributed by atoms with Gasteiger partial charge in [-0.15, -0.1) is 0 Å². The lowest BCUT2D eigenvalue weighted by Crippen LogP contribution is -2.29. The van der Waals surface area contributed by atoms with E-state index in [0.29, 0.717) is 24.1 Å². The predicted molar refractivity (Wildman–Crippen MR) is 108 cm³/mol. The first-order valence-corrected chi connectivity index (χ1v) is 10.5. The van der Waals surface area contributed by atoms with Crippen molar-refractivity contribution in [3.8, 4) is 0 Å². The number of aromatic nitrogens is 3. The summed E-state index contributed by atoms with van der Waals surface area (Å²) in [6.45, 7) is 2.03. The number of ketones is 1. The minimum absolute atomic E-state index is 0.152. The maximum atomic E-state index is 12.8. The Morgan fingerprint density at radius 1 is 1.15 bits per heavy atom. The smallest absolute Gasteiger partial charge is 0.184 e. The first-order chi connectivity index (χ1) is 13.2. The molecular weight excluding hydrogens is 338 g/mol. The van der Waals surface area contributed by atoms with Gasteiger partial charge in [-0.2, -0.15) is 5.10 Å². The minimum Gasteiger partial charge on any atom is -0.367 e.